The highest BCUT2D eigenvalue weighted by atomic mass is 35.5. The first-order chi connectivity index (χ1) is 9.10. The van der Waals surface area contributed by atoms with Crippen LogP contribution in [0.4, 0.5) is 13.2 Å². The van der Waals surface area contributed by atoms with Crippen molar-refractivity contribution in [1.29, 1.82) is 0 Å². The topological polar surface area (TPSA) is 72.2 Å². The van der Waals surface area contributed by atoms with Crippen molar-refractivity contribution >= 4 is 34.0 Å². The maximum Gasteiger partial charge on any atom is 0.416 e. The molecule has 0 aliphatic heterocycles. The summed E-state index contributed by atoms with van der Waals surface area (Å²) in [5.74, 6) is 0. The molecule has 1 aromatic carbocycles. The molecule has 0 heterocycles. The Labute approximate surface area is 131 Å². The molecule has 0 amide bonds. The van der Waals surface area contributed by atoms with Crippen LogP contribution in [0.2, 0.25) is 5.02 Å². The van der Waals surface area contributed by atoms with Gasteiger partial charge in [0, 0.05) is 12.1 Å². The highest BCUT2D eigenvalue weighted by molar-refractivity contribution is 7.89. The van der Waals surface area contributed by atoms with Crippen molar-refractivity contribution in [3.63, 3.8) is 0 Å². The van der Waals surface area contributed by atoms with Gasteiger partial charge in [-0.2, -0.15) is 13.2 Å². The van der Waals surface area contributed by atoms with Crippen molar-refractivity contribution in [2.75, 3.05) is 6.54 Å². The van der Waals surface area contributed by atoms with Crippen molar-refractivity contribution in [2.45, 2.75) is 29.5 Å². The largest absolute Gasteiger partial charge is 0.416 e. The quantitative estimate of drug-likeness (QED) is 0.862. The van der Waals surface area contributed by atoms with E-state index in [1.807, 2.05) is 0 Å². The van der Waals surface area contributed by atoms with Gasteiger partial charge in [0.25, 0.3) is 0 Å². The first kappa shape index (κ1) is 18.5. The summed E-state index contributed by atoms with van der Waals surface area (Å²) in [7, 11) is -3.99. The minimum absolute atomic E-state index is 0. The molecule has 1 fully saturated rings. The van der Waals surface area contributed by atoms with Gasteiger partial charge in [-0.25, -0.2) is 13.1 Å². The highest BCUT2D eigenvalue weighted by Crippen LogP contribution is 2.37. The van der Waals surface area contributed by atoms with Gasteiger partial charge in [-0.05, 0) is 31.0 Å². The van der Waals surface area contributed by atoms with E-state index in [1.54, 1.807) is 0 Å². The molecule has 1 saturated carbocycles. The molecule has 120 valence electrons. The van der Waals surface area contributed by atoms with E-state index in [1.165, 1.54) is 0 Å². The fourth-order valence-corrected chi connectivity index (χ4v) is 3.75. The molecule has 0 radical (unpaired) electrons. The fourth-order valence-electron chi connectivity index (χ4n) is 1.73. The molecule has 0 unspecified atom stereocenters. The van der Waals surface area contributed by atoms with Crippen LogP contribution in [0.25, 0.3) is 0 Å². The Morgan fingerprint density at radius 2 is 1.90 bits per heavy atom. The summed E-state index contributed by atoms with van der Waals surface area (Å²) in [6, 6.07) is 2.13. The standard InChI is InChI=1S/C11H12ClF3N2O2S.ClH/c12-8-5-7(11(13,14)15)1-2-9(8)20(18,19)17-10(6-16)3-4-10;/h1-2,5,17H,3-4,6,16H2;1H. The molecule has 1 aliphatic carbocycles. The third kappa shape index (κ3) is 4.01. The van der Waals surface area contributed by atoms with E-state index in [9.17, 15) is 21.6 Å². The molecule has 0 atom stereocenters. The summed E-state index contributed by atoms with van der Waals surface area (Å²) in [5.41, 5.74) is 3.78. The molecular formula is C11H13Cl2F3N2O2S. The van der Waals surface area contributed by atoms with E-state index in [0.29, 0.717) is 25.0 Å². The molecule has 21 heavy (non-hydrogen) atoms. The Morgan fingerprint density at radius 3 is 2.29 bits per heavy atom. The second-order valence-corrected chi connectivity index (χ2v) is 6.79. The molecule has 3 N–H and O–H groups in total. The Morgan fingerprint density at radius 1 is 1.33 bits per heavy atom. The number of hydrogen-bond acceptors (Lipinski definition) is 3. The second-order valence-electron chi connectivity index (χ2n) is 4.73. The van der Waals surface area contributed by atoms with E-state index in [-0.39, 0.29) is 23.8 Å². The zero-order valence-corrected chi connectivity index (χ0v) is 13.0. The minimum Gasteiger partial charge on any atom is -0.329 e. The van der Waals surface area contributed by atoms with Crippen LogP contribution < -0.4 is 10.5 Å². The normalized spacial score (nSPS) is 17.2. The number of nitrogens with one attached hydrogen (secondary N) is 1. The summed E-state index contributed by atoms with van der Waals surface area (Å²) in [5, 5.41) is -0.472. The average Bonchev–Trinajstić information content (AvgIpc) is 3.07. The average molecular weight is 365 g/mol. The highest BCUT2D eigenvalue weighted by Gasteiger charge is 2.45. The van der Waals surface area contributed by atoms with Crippen LogP contribution in [0.15, 0.2) is 23.1 Å². The maximum atomic E-state index is 12.5. The lowest BCUT2D eigenvalue weighted by Crippen LogP contribution is -2.42. The summed E-state index contributed by atoms with van der Waals surface area (Å²) >= 11 is 5.66. The lowest BCUT2D eigenvalue weighted by Gasteiger charge is -2.16. The minimum atomic E-state index is -4.58. The van der Waals surface area contributed by atoms with Gasteiger partial charge < -0.3 is 5.73 Å². The Kier molecular flexibility index (Phi) is 5.22. The van der Waals surface area contributed by atoms with Crippen molar-refractivity contribution in [2.24, 2.45) is 5.73 Å². The van der Waals surface area contributed by atoms with Gasteiger partial charge in [-0.3, -0.25) is 0 Å². The van der Waals surface area contributed by atoms with Gasteiger partial charge in [0.05, 0.1) is 10.6 Å². The monoisotopic (exact) mass is 364 g/mol. The summed E-state index contributed by atoms with van der Waals surface area (Å²) in [4.78, 5) is -0.383. The molecular weight excluding hydrogens is 352 g/mol. The van der Waals surface area contributed by atoms with Crippen LogP contribution in [0.3, 0.4) is 0 Å². The van der Waals surface area contributed by atoms with Crippen LogP contribution in [-0.2, 0) is 16.2 Å². The molecule has 1 aliphatic rings. The van der Waals surface area contributed by atoms with E-state index in [4.69, 9.17) is 17.3 Å². The third-order valence-electron chi connectivity index (χ3n) is 3.14. The number of nitrogens with two attached hydrogens (primary N) is 1. The predicted octanol–water partition coefficient (Wildman–Crippen LogP) is 2.55. The Hall–Kier alpha value is -0.540. The van der Waals surface area contributed by atoms with Crippen molar-refractivity contribution in [3.8, 4) is 0 Å². The molecule has 0 spiro atoms. The number of sulfonamides is 1. The number of halogens is 5. The second kappa shape index (κ2) is 5.92. The van der Waals surface area contributed by atoms with Crippen LogP contribution >= 0.6 is 24.0 Å². The van der Waals surface area contributed by atoms with Crippen molar-refractivity contribution in [1.82, 2.24) is 4.72 Å². The molecule has 0 aromatic heterocycles. The molecule has 4 nitrogen and oxygen atoms in total. The smallest absolute Gasteiger partial charge is 0.329 e. The van der Waals surface area contributed by atoms with E-state index in [2.05, 4.69) is 4.72 Å². The van der Waals surface area contributed by atoms with Gasteiger partial charge in [0.1, 0.15) is 4.90 Å². The summed E-state index contributed by atoms with van der Waals surface area (Å²) in [6.07, 6.45) is -3.38. The van der Waals surface area contributed by atoms with E-state index in [0.717, 1.165) is 6.07 Å². The van der Waals surface area contributed by atoms with E-state index < -0.39 is 32.3 Å². The zero-order chi connectivity index (χ0) is 15.2. The van der Waals surface area contributed by atoms with Gasteiger partial charge in [-0.15, -0.1) is 12.4 Å². The Bertz CT molecular complexity index is 631. The van der Waals surface area contributed by atoms with Crippen LogP contribution in [-0.4, -0.2) is 20.5 Å². The number of rotatable bonds is 4. The van der Waals surface area contributed by atoms with Crippen LogP contribution in [0.5, 0.6) is 0 Å². The van der Waals surface area contributed by atoms with Crippen LogP contribution in [0.1, 0.15) is 18.4 Å². The summed E-state index contributed by atoms with van der Waals surface area (Å²) < 4.78 is 64.1. The zero-order valence-electron chi connectivity index (χ0n) is 10.6. The molecule has 10 heteroatoms. The Balaban J connectivity index is 0.00000220. The van der Waals surface area contributed by atoms with Gasteiger partial charge in [0.2, 0.25) is 10.0 Å². The number of benzene rings is 1. The van der Waals surface area contributed by atoms with Gasteiger partial charge in [0.15, 0.2) is 0 Å². The van der Waals surface area contributed by atoms with E-state index >= 15 is 0 Å². The van der Waals surface area contributed by atoms with Crippen molar-refractivity contribution in [3.05, 3.63) is 28.8 Å². The van der Waals surface area contributed by atoms with Gasteiger partial charge >= 0.3 is 6.18 Å². The first-order valence-corrected chi connectivity index (χ1v) is 7.57. The lowest BCUT2D eigenvalue weighted by molar-refractivity contribution is -0.137. The number of alkyl halides is 3. The molecule has 0 saturated heterocycles. The lowest BCUT2D eigenvalue weighted by atomic mass is 10.2. The fraction of sp³-hybridized carbons (Fsp3) is 0.455. The van der Waals surface area contributed by atoms with Crippen molar-refractivity contribution < 1.29 is 21.6 Å². The SMILES string of the molecule is Cl.NCC1(NS(=O)(=O)c2ccc(C(F)(F)F)cc2Cl)CC1. The third-order valence-corrected chi connectivity index (χ3v) is 5.21. The molecule has 2 rings (SSSR count). The van der Waals surface area contributed by atoms with Crippen LogP contribution in [0, 0.1) is 0 Å². The number of hydrogen-bond donors (Lipinski definition) is 2. The van der Waals surface area contributed by atoms with Gasteiger partial charge in [-0.1, -0.05) is 11.6 Å². The molecule has 0 bridgehead atoms. The molecule has 1 aromatic rings. The summed E-state index contributed by atoms with van der Waals surface area (Å²) in [6.45, 7) is 0.129. The predicted molar refractivity (Wildman–Crippen MR) is 75.0 cm³/mol. The first-order valence-electron chi connectivity index (χ1n) is 5.70. The maximum absolute atomic E-state index is 12.5.